The number of hydrogen-bond donors (Lipinski definition) is 1. The molecule has 0 amide bonds. The van der Waals surface area contributed by atoms with Gasteiger partial charge in [-0.25, -0.2) is 4.98 Å². The van der Waals surface area contributed by atoms with Gasteiger partial charge in [0.2, 0.25) is 0 Å². The van der Waals surface area contributed by atoms with Crippen LogP contribution in [0.15, 0.2) is 45.9 Å². The molecule has 1 atom stereocenters. The Balaban J connectivity index is 2.43. The summed E-state index contributed by atoms with van der Waals surface area (Å²) in [6, 6.07) is 9.38. The molecule has 0 aliphatic rings. The number of anilines is 1. The van der Waals surface area contributed by atoms with Gasteiger partial charge in [0.25, 0.3) is 0 Å². The first-order chi connectivity index (χ1) is 8.38. The van der Waals surface area contributed by atoms with Crippen LogP contribution in [0.1, 0.15) is 0 Å². The van der Waals surface area contributed by atoms with Crippen LogP contribution in [0.4, 0.5) is 5.82 Å². The van der Waals surface area contributed by atoms with Crippen molar-refractivity contribution >= 4 is 37.1 Å². The maximum absolute atomic E-state index is 11.8. The first-order valence-corrected chi connectivity index (χ1v) is 8.14. The molecule has 94 valence electrons. The minimum absolute atomic E-state index is 0.463. The number of benzene rings is 1. The molecule has 1 aromatic heterocycles. The summed E-state index contributed by atoms with van der Waals surface area (Å²) < 4.78 is 12.6. The molecule has 18 heavy (non-hydrogen) atoms. The van der Waals surface area contributed by atoms with Gasteiger partial charge in [0.1, 0.15) is 5.82 Å². The summed E-state index contributed by atoms with van der Waals surface area (Å²) in [4.78, 5) is 4.83. The Morgan fingerprint density at radius 2 is 1.89 bits per heavy atom. The van der Waals surface area contributed by atoms with Crippen LogP contribution in [0.5, 0.6) is 0 Å². The van der Waals surface area contributed by atoms with Gasteiger partial charge in [0.15, 0.2) is 0 Å². The van der Waals surface area contributed by atoms with E-state index in [0.29, 0.717) is 5.82 Å². The lowest BCUT2D eigenvalue weighted by Crippen LogP contribution is -1.96. The van der Waals surface area contributed by atoms with Crippen molar-refractivity contribution in [2.45, 2.75) is 4.90 Å². The predicted octanol–water partition coefficient (Wildman–Crippen LogP) is 2.80. The zero-order valence-electron chi connectivity index (χ0n) is 9.89. The van der Waals surface area contributed by atoms with Gasteiger partial charge in [-0.2, -0.15) is 0 Å². The van der Waals surface area contributed by atoms with E-state index in [1.807, 2.05) is 30.3 Å². The van der Waals surface area contributed by atoms with Gasteiger partial charge in [0, 0.05) is 22.9 Å². The van der Waals surface area contributed by atoms with Crippen LogP contribution < -0.4 is 5.73 Å². The van der Waals surface area contributed by atoms with Crippen LogP contribution in [-0.4, -0.2) is 21.3 Å². The number of nitrogens with zero attached hydrogens (tertiary/aromatic N) is 1. The summed E-state index contributed by atoms with van der Waals surface area (Å²) in [5, 5.41) is 0. The summed E-state index contributed by atoms with van der Waals surface area (Å²) in [5.74, 6) is 4.12. The van der Waals surface area contributed by atoms with Gasteiger partial charge in [-0.15, -0.1) is 0 Å². The second-order valence-electron chi connectivity index (χ2n) is 4.12. The minimum atomic E-state index is -2.16. The molecule has 1 aromatic carbocycles. The van der Waals surface area contributed by atoms with Gasteiger partial charge in [-0.1, -0.05) is 12.1 Å². The molecule has 0 spiro atoms. The highest BCUT2D eigenvalue weighted by molar-refractivity contribution is 9.10. The molecular weight excluding hydrogens is 312 g/mol. The Bertz CT molecular complexity index is 679. The van der Waals surface area contributed by atoms with Gasteiger partial charge in [0.05, 0.1) is 4.47 Å². The van der Waals surface area contributed by atoms with E-state index in [1.165, 1.54) is 0 Å². The molecule has 2 rings (SSSR count). The number of halogens is 1. The Kier molecular flexibility index (Phi) is 3.45. The van der Waals surface area contributed by atoms with Crippen molar-refractivity contribution < 1.29 is 4.21 Å². The van der Waals surface area contributed by atoms with Crippen molar-refractivity contribution in [3.63, 3.8) is 0 Å². The van der Waals surface area contributed by atoms with Crippen LogP contribution in [0.25, 0.3) is 11.1 Å². The number of hydrogen-bond acceptors (Lipinski definition) is 3. The number of pyridine rings is 1. The van der Waals surface area contributed by atoms with E-state index in [1.54, 1.807) is 12.5 Å². The molecule has 5 heteroatoms. The Morgan fingerprint density at radius 3 is 2.39 bits per heavy atom. The fraction of sp³-hybridized carbons (Fsp3) is 0.0769. The average Bonchev–Trinajstić information content (AvgIpc) is 2.32. The third-order valence-electron chi connectivity index (χ3n) is 2.56. The SMILES string of the molecule is C=S(C)(=O)c1ccc(-c2cnc(N)c(Br)c2)cc1. The van der Waals surface area contributed by atoms with Crippen LogP contribution in [0, 0.1) is 0 Å². The summed E-state index contributed by atoms with van der Waals surface area (Å²) >= 11 is 3.35. The molecule has 2 N–H and O–H groups in total. The fourth-order valence-electron chi connectivity index (χ4n) is 1.54. The topological polar surface area (TPSA) is 56.0 Å². The highest BCUT2D eigenvalue weighted by atomic mass is 79.9. The second kappa shape index (κ2) is 4.74. The normalized spacial score (nSPS) is 14.1. The molecule has 1 heterocycles. The largest absolute Gasteiger partial charge is 0.383 e. The quantitative estimate of drug-likeness (QED) is 0.864. The number of aromatic nitrogens is 1. The highest BCUT2D eigenvalue weighted by Gasteiger charge is 2.04. The van der Waals surface area contributed by atoms with Crippen molar-refractivity contribution in [2.24, 2.45) is 0 Å². The molecule has 0 saturated carbocycles. The zero-order valence-corrected chi connectivity index (χ0v) is 12.3. The number of nitrogen functional groups attached to an aromatic ring is 1. The van der Waals surface area contributed by atoms with E-state index < -0.39 is 9.52 Å². The molecule has 2 aromatic rings. The fourth-order valence-corrected chi connectivity index (χ4v) is 2.60. The molecule has 3 nitrogen and oxygen atoms in total. The minimum Gasteiger partial charge on any atom is -0.383 e. The zero-order chi connectivity index (χ0) is 13.3. The van der Waals surface area contributed by atoms with E-state index in [9.17, 15) is 4.21 Å². The van der Waals surface area contributed by atoms with Gasteiger partial charge in [-0.3, -0.25) is 4.21 Å². The molecule has 0 aliphatic heterocycles. The molecule has 0 radical (unpaired) electrons. The Labute approximate surface area is 115 Å². The average molecular weight is 325 g/mol. The summed E-state index contributed by atoms with van der Waals surface area (Å²) in [6.45, 7) is 0. The standard InChI is InChI=1S/C13H13BrN2OS/c1-18(2,17)11-5-3-9(4-6-11)10-7-12(14)13(15)16-8-10/h3-8H,1H2,2H3,(H2,15,16). The third kappa shape index (κ3) is 2.73. The van der Waals surface area contributed by atoms with Gasteiger partial charge >= 0.3 is 0 Å². The maximum Gasteiger partial charge on any atom is 0.137 e. The van der Waals surface area contributed by atoms with Crippen molar-refractivity contribution in [2.75, 3.05) is 12.0 Å². The van der Waals surface area contributed by atoms with Crippen molar-refractivity contribution in [3.05, 3.63) is 41.0 Å². The first-order valence-electron chi connectivity index (χ1n) is 5.21. The van der Waals surface area contributed by atoms with Gasteiger partial charge < -0.3 is 5.73 Å². The Morgan fingerprint density at radius 1 is 1.28 bits per heavy atom. The maximum atomic E-state index is 11.8. The molecular formula is C13H13BrN2OS. The van der Waals surface area contributed by atoms with E-state index in [2.05, 4.69) is 26.8 Å². The lowest BCUT2D eigenvalue weighted by Gasteiger charge is -2.06. The lowest BCUT2D eigenvalue weighted by molar-refractivity contribution is 0.685. The van der Waals surface area contributed by atoms with Crippen molar-refractivity contribution in [3.8, 4) is 11.1 Å². The van der Waals surface area contributed by atoms with Crippen LogP contribution in [-0.2, 0) is 9.52 Å². The second-order valence-corrected chi connectivity index (χ2v) is 7.46. The lowest BCUT2D eigenvalue weighted by atomic mass is 10.1. The summed E-state index contributed by atoms with van der Waals surface area (Å²) in [6.07, 6.45) is 3.34. The monoisotopic (exact) mass is 324 g/mol. The molecule has 0 saturated heterocycles. The van der Waals surface area contributed by atoms with Crippen LogP contribution in [0.2, 0.25) is 0 Å². The first kappa shape index (κ1) is 13.1. The molecule has 0 bridgehead atoms. The highest BCUT2D eigenvalue weighted by Crippen LogP contribution is 2.26. The van der Waals surface area contributed by atoms with Gasteiger partial charge in [-0.05, 0) is 55.1 Å². The summed E-state index contributed by atoms with van der Waals surface area (Å²) in [7, 11) is -2.16. The van der Waals surface area contributed by atoms with E-state index in [0.717, 1.165) is 20.5 Å². The molecule has 1 unspecified atom stereocenters. The molecule has 0 fully saturated rings. The van der Waals surface area contributed by atoms with Crippen LogP contribution >= 0.6 is 15.9 Å². The van der Waals surface area contributed by atoms with E-state index in [4.69, 9.17) is 5.73 Å². The number of rotatable bonds is 2. The number of nitrogens with two attached hydrogens (primary N) is 1. The van der Waals surface area contributed by atoms with E-state index in [-0.39, 0.29) is 0 Å². The predicted molar refractivity (Wildman–Crippen MR) is 81.2 cm³/mol. The van der Waals surface area contributed by atoms with Crippen molar-refractivity contribution in [1.82, 2.24) is 4.98 Å². The smallest absolute Gasteiger partial charge is 0.137 e. The van der Waals surface area contributed by atoms with Crippen LogP contribution in [0.3, 0.4) is 0 Å². The van der Waals surface area contributed by atoms with Crippen molar-refractivity contribution in [1.29, 1.82) is 0 Å². The van der Waals surface area contributed by atoms with E-state index >= 15 is 0 Å². The third-order valence-corrected chi connectivity index (χ3v) is 4.46. The summed E-state index contributed by atoms with van der Waals surface area (Å²) in [5.41, 5.74) is 7.59. The Hall–Kier alpha value is -1.33. The molecule has 0 aliphatic carbocycles.